The summed E-state index contributed by atoms with van der Waals surface area (Å²) in [6.07, 6.45) is 1.52. The second kappa shape index (κ2) is 6.89. The molecule has 0 bridgehead atoms. The summed E-state index contributed by atoms with van der Waals surface area (Å²) in [6, 6.07) is 5.51. The van der Waals surface area contributed by atoms with Crippen LogP contribution in [-0.2, 0) is 0 Å². The predicted octanol–water partition coefficient (Wildman–Crippen LogP) is 2.47. The average molecular weight is 306 g/mol. The number of aromatic hydroxyl groups is 1. The lowest BCUT2D eigenvalue weighted by Crippen LogP contribution is -2.21. The van der Waals surface area contributed by atoms with Gasteiger partial charge in [-0.15, -0.1) is 0 Å². The third-order valence-corrected chi connectivity index (χ3v) is 3.21. The van der Waals surface area contributed by atoms with Crippen molar-refractivity contribution < 1.29 is 5.11 Å². The van der Waals surface area contributed by atoms with Crippen LogP contribution in [0.5, 0.6) is 5.75 Å². The van der Waals surface area contributed by atoms with Crippen LogP contribution in [0.25, 0.3) is 0 Å². The molecule has 0 atom stereocenters. The third-order valence-electron chi connectivity index (χ3n) is 3.02. The molecule has 2 aromatic rings. The molecule has 0 unspecified atom stereocenters. The molecule has 0 spiro atoms. The van der Waals surface area contributed by atoms with Crippen LogP contribution in [0.2, 0.25) is 0 Å². The van der Waals surface area contributed by atoms with Gasteiger partial charge < -0.3 is 10.0 Å². The minimum atomic E-state index is 0.180. The lowest BCUT2D eigenvalue weighted by molar-refractivity contribution is 0.474. The van der Waals surface area contributed by atoms with Crippen LogP contribution >= 0.6 is 12.2 Å². The number of phenols is 1. The highest BCUT2D eigenvalue weighted by Crippen LogP contribution is 2.23. The fraction of sp³-hybridized carbons (Fsp3) is 0.308. The van der Waals surface area contributed by atoms with Crippen molar-refractivity contribution in [1.82, 2.24) is 15.2 Å². The van der Waals surface area contributed by atoms with Gasteiger partial charge in [-0.2, -0.15) is 10.1 Å². The molecule has 8 heteroatoms. The maximum atomic E-state index is 10.0. The highest BCUT2D eigenvalue weighted by molar-refractivity contribution is 7.71. The van der Waals surface area contributed by atoms with E-state index in [1.54, 1.807) is 6.07 Å². The van der Waals surface area contributed by atoms with Gasteiger partial charge in [-0.3, -0.25) is 10.2 Å². The number of benzene rings is 1. The summed E-state index contributed by atoms with van der Waals surface area (Å²) < 4.78 is 0.346. The van der Waals surface area contributed by atoms with E-state index in [4.69, 9.17) is 12.2 Å². The van der Waals surface area contributed by atoms with Crippen LogP contribution in [0.15, 0.2) is 23.3 Å². The molecule has 0 aliphatic heterocycles. The van der Waals surface area contributed by atoms with Gasteiger partial charge in [-0.25, -0.2) is 5.43 Å². The van der Waals surface area contributed by atoms with Crippen LogP contribution < -0.4 is 10.3 Å². The number of rotatable bonds is 6. The molecule has 1 heterocycles. The lowest BCUT2D eigenvalue weighted by atomic mass is 10.2. The molecular formula is C13H18N6OS. The first-order valence-corrected chi connectivity index (χ1v) is 7.06. The first-order valence-electron chi connectivity index (χ1n) is 6.65. The Bertz CT molecular complexity index is 673. The van der Waals surface area contributed by atoms with Crippen LogP contribution in [-0.4, -0.2) is 39.6 Å². The first kappa shape index (κ1) is 15.0. The molecule has 0 aliphatic carbocycles. The van der Waals surface area contributed by atoms with Crippen LogP contribution in [0, 0.1) is 4.77 Å². The molecule has 112 valence electrons. The molecule has 21 heavy (non-hydrogen) atoms. The van der Waals surface area contributed by atoms with E-state index < -0.39 is 0 Å². The molecule has 1 aromatic carbocycles. The molecule has 0 aliphatic rings. The summed E-state index contributed by atoms with van der Waals surface area (Å²) in [6.45, 7) is 5.94. The summed E-state index contributed by atoms with van der Waals surface area (Å²) in [5.74, 6) is 0.593. The number of anilines is 2. The van der Waals surface area contributed by atoms with E-state index in [0.29, 0.717) is 16.3 Å². The summed E-state index contributed by atoms with van der Waals surface area (Å²) in [5, 5.41) is 19.4. The Labute approximate surface area is 127 Å². The molecule has 0 radical (unpaired) electrons. The van der Waals surface area contributed by atoms with Crippen molar-refractivity contribution in [3.8, 4) is 5.75 Å². The zero-order chi connectivity index (χ0) is 15.2. The normalized spacial score (nSPS) is 11.0. The zero-order valence-electron chi connectivity index (χ0n) is 11.9. The standard InChI is InChI=1S/C13H18N6OS/c1-3-19(4-2)10-6-5-9(11(20)7-10)8-14-16-12-15-13(21)18-17-12/h5-8,20H,3-4H2,1-2H3,(H3,15,16,17,18,21)/b14-8-. The minimum absolute atomic E-state index is 0.180. The van der Waals surface area contributed by atoms with Gasteiger partial charge in [0.05, 0.1) is 6.21 Å². The molecule has 1 aromatic heterocycles. The summed E-state index contributed by atoms with van der Waals surface area (Å²) in [5.41, 5.74) is 4.29. The van der Waals surface area contributed by atoms with Gasteiger partial charge in [0.15, 0.2) is 0 Å². The monoisotopic (exact) mass is 306 g/mol. The van der Waals surface area contributed by atoms with E-state index in [9.17, 15) is 5.11 Å². The summed E-state index contributed by atoms with van der Waals surface area (Å²) in [4.78, 5) is 6.09. The van der Waals surface area contributed by atoms with E-state index in [1.165, 1.54) is 6.21 Å². The molecule has 0 saturated heterocycles. The van der Waals surface area contributed by atoms with Gasteiger partial charge in [0.25, 0.3) is 0 Å². The minimum Gasteiger partial charge on any atom is -0.507 e. The van der Waals surface area contributed by atoms with Crippen molar-refractivity contribution >= 4 is 30.1 Å². The van der Waals surface area contributed by atoms with Crippen LogP contribution in [0.3, 0.4) is 0 Å². The SMILES string of the molecule is CCN(CC)c1ccc(/C=N\Nc2nc(=S)[nH][nH]2)c(O)c1. The Morgan fingerprint density at radius 1 is 1.38 bits per heavy atom. The van der Waals surface area contributed by atoms with E-state index >= 15 is 0 Å². The number of aromatic amines is 2. The van der Waals surface area contributed by atoms with Crippen molar-refractivity contribution in [3.05, 3.63) is 28.5 Å². The maximum Gasteiger partial charge on any atom is 0.238 e. The molecule has 0 fully saturated rings. The summed E-state index contributed by atoms with van der Waals surface area (Å²) in [7, 11) is 0. The van der Waals surface area contributed by atoms with Crippen LogP contribution in [0.4, 0.5) is 11.6 Å². The van der Waals surface area contributed by atoms with Gasteiger partial charge in [-0.1, -0.05) is 0 Å². The molecule has 7 nitrogen and oxygen atoms in total. The Balaban J connectivity index is 2.08. The molecule has 4 N–H and O–H groups in total. The lowest BCUT2D eigenvalue weighted by Gasteiger charge is -2.21. The number of aromatic nitrogens is 3. The maximum absolute atomic E-state index is 10.0. The molecular weight excluding hydrogens is 288 g/mol. The largest absolute Gasteiger partial charge is 0.507 e. The second-order valence-corrected chi connectivity index (χ2v) is 4.69. The highest BCUT2D eigenvalue weighted by Gasteiger charge is 2.05. The van der Waals surface area contributed by atoms with E-state index in [0.717, 1.165) is 18.8 Å². The Kier molecular flexibility index (Phi) is 4.94. The van der Waals surface area contributed by atoms with Crippen molar-refractivity contribution in [1.29, 1.82) is 0 Å². The zero-order valence-corrected chi connectivity index (χ0v) is 12.7. The van der Waals surface area contributed by atoms with Gasteiger partial charge in [0, 0.05) is 30.4 Å². The van der Waals surface area contributed by atoms with Gasteiger partial charge in [-0.05, 0) is 38.2 Å². The van der Waals surface area contributed by atoms with E-state index in [2.05, 4.69) is 44.5 Å². The van der Waals surface area contributed by atoms with Crippen molar-refractivity contribution in [2.75, 3.05) is 23.4 Å². The van der Waals surface area contributed by atoms with E-state index in [-0.39, 0.29) is 5.75 Å². The number of hydrogen-bond acceptors (Lipinski definition) is 6. The molecule has 0 saturated carbocycles. The Morgan fingerprint density at radius 3 is 2.71 bits per heavy atom. The highest BCUT2D eigenvalue weighted by atomic mass is 32.1. The van der Waals surface area contributed by atoms with Crippen LogP contribution in [0.1, 0.15) is 19.4 Å². The average Bonchev–Trinajstić information content (AvgIpc) is 2.88. The van der Waals surface area contributed by atoms with Gasteiger partial charge in [0.2, 0.25) is 10.7 Å². The first-order chi connectivity index (χ1) is 10.1. The third kappa shape index (κ3) is 3.82. The number of phenolic OH excluding ortho intramolecular Hbond substituents is 1. The quantitative estimate of drug-likeness (QED) is 0.374. The number of nitrogens with one attached hydrogen (secondary N) is 3. The predicted molar refractivity (Wildman–Crippen MR) is 86.7 cm³/mol. The number of hydrogen-bond donors (Lipinski definition) is 4. The Morgan fingerprint density at radius 2 is 2.14 bits per heavy atom. The number of hydrazone groups is 1. The fourth-order valence-electron chi connectivity index (χ4n) is 1.91. The second-order valence-electron chi connectivity index (χ2n) is 4.30. The van der Waals surface area contributed by atoms with Crippen molar-refractivity contribution in [3.63, 3.8) is 0 Å². The number of nitrogens with zero attached hydrogens (tertiary/aromatic N) is 3. The topological polar surface area (TPSA) is 92.3 Å². The summed E-state index contributed by atoms with van der Waals surface area (Å²) >= 11 is 4.82. The fourth-order valence-corrected chi connectivity index (χ4v) is 2.06. The smallest absolute Gasteiger partial charge is 0.238 e. The molecule has 2 rings (SSSR count). The molecule has 0 amide bonds. The number of H-pyrrole nitrogens is 2. The van der Waals surface area contributed by atoms with E-state index in [1.807, 2.05) is 12.1 Å². The Hall–Kier alpha value is -2.35. The van der Waals surface area contributed by atoms with Crippen molar-refractivity contribution in [2.24, 2.45) is 5.10 Å². The van der Waals surface area contributed by atoms with Crippen molar-refractivity contribution in [2.45, 2.75) is 13.8 Å². The van der Waals surface area contributed by atoms with Gasteiger partial charge in [0.1, 0.15) is 5.75 Å². The van der Waals surface area contributed by atoms with Gasteiger partial charge >= 0.3 is 0 Å².